The average molecular weight is 1670 g/mol. The SMILES string of the molecule is CC(C)N1CC2CCC(C)(C)C(C1)N(C(C)C)C2.CC(C)N1CC2CN(C(C)C)C(C1)C(C)(C)C2.CC(C)N1CC2CN(C(C)C)C(C1)C2(C)C.CC(C)N1CCC2N(C(C)C)CC1CC2(C)C.CC1CC2CCN(C(C)C)CC1N2C(C)C.CC1CC2CN(C(C)C)CC1N(C(C)C)C2.CCC1(CC)CC2CN(C(C)C)CC1N(C(C)C)C2. The smallest absolute Gasteiger partial charge is 0.0282 e. The van der Waals surface area contributed by atoms with Crippen molar-refractivity contribution in [2.45, 2.75) is 487 Å². The molecule has 700 valence electrons. The topological polar surface area (TPSA) is 45.4 Å². The lowest BCUT2D eigenvalue weighted by atomic mass is 9.67. The van der Waals surface area contributed by atoms with Crippen LogP contribution in [0, 0.1) is 68.5 Å². The largest absolute Gasteiger partial charge is 0.299 e. The quantitative estimate of drug-likeness (QED) is 0.147. The van der Waals surface area contributed by atoms with E-state index in [4.69, 9.17) is 0 Å². The fraction of sp³-hybridized carbons (Fsp3) is 1.00. The van der Waals surface area contributed by atoms with E-state index in [-0.39, 0.29) is 0 Å². The summed E-state index contributed by atoms with van der Waals surface area (Å²) in [6, 6.07) is 16.8. The first kappa shape index (κ1) is 104. The summed E-state index contributed by atoms with van der Waals surface area (Å²) in [5, 5.41) is 0. The highest BCUT2D eigenvalue weighted by Crippen LogP contribution is 2.51. The van der Waals surface area contributed by atoms with Crippen LogP contribution < -0.4 is 0 Å². The predicted molar refractivity (Wildman–Crippen MR) is 520 cm³/mol. The van der Waals surface area contributed by atoms with Crippen molar-refractivity contribution in [3.8, 4) is 0 Å². The molecule has 0 N–H and O–H groups in total. The van der Waals surface area contributed by atoms with Crippen molar-refractivity contribution in [2.24, 2.45) is 68.5 Å². The van der Waals surface area contributed by atoms with Gasteiger partial charge in [0.1, 0.15) is 0 Å². The van der Waals surface area contributed by atoms with Crippen molar-refractivity contribution >= 4 is 0 Å². The maximum Gasteiger partial charge on any atom is 0.0282 e. The lowest BCUT2D eigenvalue weighted by molar-refractivity contribution is -0.0237. The number of hydrogen-bond acceptors (Lipinski definition) is 14. The van der Waals surface area contributed by atoms with Gasteiger partial charge in [-0.2, -0.15) is 0 Å². The number of likely N-dealkylation sites (tertiary alicyclic amines) is 4. The molecular formula is C105H210N14. The van der Waals surface area contributed by atoms with Crippen molar-refractivity contribution < 1.29 is 0 Å². The molecule has 119 heavy (non-hydrogen) atoms. The van der Waals surface area contributed by atoms with Crippen LogP contribution >= 0.6 is 0 Å². The molecule has 18 rings (SSSR count). The third kappa shape index (κ3) is 25.4. The van der Waals surface area contributed by atoms with E-state index in [1.807, 2.05) is 0 Å². The highest BCUT2D eigenvalue weighted by Gasteiger charge is 2.55. The maximum absolute atomic E-state index is 2.82. The zero-order valence-electron chi connectivity index (χ0n) is 87.3. The Morgan fingerprint density at radius 2 is 0.639 bits per heavy atom. The van der Waals surface area contributed by atoms with Crippen molar-refractivity contribution in [1.82, 2.24) is 68.6 Å². The lowest BCUT2D eigenvalue weighted by Gasteiger charge is -2.52. The third-order valence-electron chi connectivity index (χ3n) is 35.2. The predicted octanol–water partition coefficient (Wildman–Crippen LogP) is 20.1. The molecule has 16 atom stereocenters. The van der Waals surface area contributed by atoms with Gasteiger partial charge in [0.05, 0.1) is 0 Å². The number of nitrogens with zero attached hydrogens (tertiary/aromatic N) is 14. The molecule has 0 amide bonds. The minimum atomic E-state index is 0.465. The van der Waals surface area contributed by atoms with E-state index in [1.54, 1.807) is 0 Å². The summed E-state index contributed by atoms with van der Waals surface area (Å²) in [4.78, 5) is 38.4. The third-order valence-corrected chi connectivity index (χ3v) is 35.2. The van der Waals surface area contributed by atoms with E-state index in [9.17, 15) is 0 Å². The summed E-state index contributed by atoms with van der Waals surface area (Å²) in [5.74, 6) is 6.15. The van der Waals surface area contributed by atoms with E-state index in [0.29, 0.717) is 112 Å². The van der Waals surface area contributed by atoms with Gasteiger partial charge in [0, 0.05) is 257 Å². The molecule has 18 fully saturated rings. The first-order valence-corrected chi connectivity index (χ1v) is 51.7. The van der Waals surface area contributed by atoms with E-state index >= 15 is 0 Å². The Balaban J connectivity index is 0.000000173. The van der Waals surface area contributed by atoms with E-state index in [0.717, 1.165) is 95.8 Å². The Bertz CT molecular complexity index is 2890. The highest BCUT2D eigenvalue weighted by atomic mass is 15.4. The monoisotopic (exact) mass is 1670 g/mol. The van der Waals surface area contributed by atoms with Crippen LogP contribution in [0.1, 0.15) is 348 Å². The summed E-state index contributed by atoms with van der Waals surface area (Å²) >= 11 is 0. The molecule has 18 saturated heterocycles. The fourth-order valence-corrected chi connectivity index (χ4v) is 27.3. The summed E-state index contributed by atoms with van der Waals surface area (Å²) in [7, 11) is 0. The lowest BCUT2D eigenvalue weighted by Crippen LogP contribution is -2.57. The van der Waals surface area contributed by atoms with Crippen molar-refractivity contribution in [3.63, 3.8) is 0 Å². The van der Waals surface area contributed by atoms with Gasteiger partial charge in [-0.1, -0.05) is 83.1 Å². The van der Waals surface area contributed by atoms with E-state index in [2.05, 4.69) is 346 Å². The number of fused-ring (bicyclic) bond motifs is 23. The van der Waals surface area contributed by atoms with Gasteiger partial charge in [-0.15, -0.1) is 0 Å². The molecule has 0 saturated carbocycles. The average Bonchev–Trinajstić information content (AvgIpc) is 1.61. The van der Waals surface area contributed by atoms with Crippen LogP contribution in [0.4, 0.5) is 0 Å². The van der Waals surface area contributed by atoms with Crippen LogP contribution in [-0.2, 0) is 0 Å². The molecule has 0 aliphatic carbocycles. The van der Waals surface area contributed by atoms with Crippen molar-refractivity contribution in [3.05, 3.63) is 0 Å². The molecule has 0 aromatic rings. The molecule has 0 aromatic heterocycles. The minimum absolute atomic E-state index is 0.465. The molecule has 18 aliphatic rings. The van der Waals surface area contributed by atoms with Crippen LogP contribution in [0.25, 0.3) is 0 Å². The molecule has 18 aliphatic heterocycles. The first-order chi connectivity index (χ1) is 55.2. The Morgan fingerprint density at radius 1 is 0.261 bits per heavy atom. The van der Waals surface area contributed by atoms with Gasteiger partial charge >= 0.3 is 0 Å². The second kappa shape index (κ2) is 43.4. The zero-order chi connectivity index (χ0) is 89.1. The van der Waals surface area contributed by atoms with E-state index < -0.39 is 0 Å². The van der Waals surface area contributed by atoms with Crippen molar-refractivity contribution in [1.29, 1.82) is 0 Å². The van der Waals surface area contributed by atoms with Gasteiger partial charge in [0.25, 0.3) is 0 Å². The molecule has 0 spiro atoms. The summed E-state index contributed by atoms with van der Waals surface area (Å²) in [6.07, 6.45) is 15.3. The highest BCUT2D eigenvalue weighted by molar-refractivity contribution is 5.09. The van der Waals surface area contributed by atoms with Gasteiger partial charge in [0.2, 0.25) is 0 Å². The van der Waals surface area contributed by atoms with Gasteiger partial charge in [-0.05, 0) is 340 Å². The molecular weight excluding hydrogens is 1460 g/mol. The van der Waals surface area contributed by atoms with Gasteiger partial charge < -0.3 is 0 Å². The van der Waals surface area contributed by atoms with Crippen LogP contribution in [0.3, 0.4) is 0 Å². The number of piperidine rings is 5. The van der Waals surface area contributed by atoms with Gasteiger partial charge in [-0.3, -0.25) is 68.6 Å². The molecule has 14 nitrogen and oxygen atoms in total. The molecule has 0 radical (unpaired) electrons. The Morgan fingerprint density at radius 3 is 1.12 bits per heavy atom. The van der Waals surface area contributed by atoms with Gasteiger partial charge in [0.15, 0.2) is 0 Å². The molecule has 16 unspecified atom stereocenters. The van der Waals surface area contributed by atoms with Crippen LogP contribution in [0.2, 0.25) is 0 Å². The number of hydrogen-bond donors (Lipinski definition) is 0. The second-order valence-corrected chi connectivity index (χ2v) is 49.6. The summed E-state index contributed by atoms with van der Waals surface area (Å²) in [6.45, 7) is 120. The molecule has 14 bridgehead atoms. The second-order valence-electron chi connectivity index (χ2n) is 49.6. The summed E-state index contributed by atoms with van der Waals surface area (Å²) in [5.41, 5.74) is 2.51. The normalized spacial score (nSPS) is 34.9. The molecule has 14 heteroatoms. The Hall–Kier alpha value is -0.560. The Labute approximate surface area is 743 Å². The van der Waals surface area contributed by atoms with Crippen molar-refractivity contribution in [2.75, 3.05) is 124 Å². The summed E-state index contributed by atoms with van der Waals surface area (Å²) < 4.78 is 0. The Kier molecular flexibility index (Phi) is 37.9. The van der Waals surface area contributed by atoms with Gasteiger partial charge in [-0.25, -0.2) is 0 Å². The maximum atomic E-state index is 2.82. The standard InChI is InChI=1S/C17H34N2.C16H32N2.2C15H30N2.3C14H28N2/c1-7-17(8-2)9-15-10-18(13(3)4)12-16(17)19(11-15)14(5)6;1-12(2)17-9-14-7-8-16(5,6)15(11-17)18(10-14)13(3)4;1-11(2)16-8-13-7-15(5,6)14(10-16)17(9-13)12(3)4;1-11(2)16-8-7-14-15(5,6)9-13(16)10-17(14)12(3)4;1-10(2)15-7-12-8-16(11(3)4)13(9-15)14(12,5)6;1-10(2)15-7-13-6-12(5)14(9-15)16(8-13)11(3)4;1-10(2)15-7-6-13-8-12(5)14(9-15)16(13)11(3)4/h13-16H,7-12H2,1-6H3;12-15H,7-11H2,1-6H3;2*11-14H,7-10H2,1-6H3;10-13H,7-9H2,1-6H3;2*10-14H,6-9H2,1-5H3. The van der Waals surface area contributed by atoms with Crippen LogP contribution in [0.5, 0.6) is 0 Å². The fourth-order valence-electron chi connectivity index (χ4n) is 27.3. The zero-order valence-corrected chi connectivity index (χ0v) is 87.3. The van der Waals surface area contributed by atoms with Crippen LogP contribution in [0.15, 0.2) is 0 Å². The molecule has 18 heterocycles. The van der Waals surface area contributed by atoms with Crippen LogP contribution in [-0.4, -0.2) is 332 Å². The molecule has 0 aromatic carbocycles. The number of rotatable bonds is 16. The minimum Gasteiger partial charge on any atom is -0.299 e. The first-order valence-electron chi connectivity index (χ1n) is 51.7. The van der Waals surface area contributed by atoms with E-state index in [1.165, 1.54) is 195 Å².